The maximum atomic E-state index is 11.3. The van der Waals surface area contributed by atoms with Crippen LogP contribution in [-0.2, 0) is 14.3 Å². The molecule has 0 aliphatic heterocycles. The van der Waals surface area contributed by atoms with Crippen LogP contribution in [0.4, 0.5) is 5.69 Å². The molecule has 0 radical (unpaired) electrons. The van der Waals surface area contributed by atoms with E-state index in [1.165, 1.54) is 6.92 Å². The molecular formula is C11H10N2O3. The van der Waals surface area contributed by atoms with Crippen molar-refractivity contribution in [3.8, 4) is 6.07 Å². The molecule has 0 bridgehead atoms. The third-order valence-corrected chi connectivity index (χ3v) is 1.73. The summed E-state index contributed by atoms with van der Waals surface area (Å²) < 4.78 is 4.52. The average Bonchev–Trinajstić information content (AvgIpc) is 2.27. The fraction of sp³-hybridized carbons (Fsp3) is 0.182. The highest BCUT2D eigenvalue weighted by molar-refractivity contribution is 5.93. The number of para-hydroxylation sites is 1. The highest BCUT2D eigenvalue weighted by Crippen LogP contribution is 2.12. The summed E-state index contributed by atoms with van der Waals surface area (Å²) in [4.78, 5) is 21.8. The lowest BCUT2D eigenvalue weighted by molar-refractivity contribution is -0.144. The Hall–Kier alpha value is -2.35. The zero-order valence-corrected chi connectivity index (χ0v) is 8.69. The van der Waals surface area contributed by atoms with E-state index in [2.05, 4.69) is 10.1 Å². The molecular weight excluding hydrogens is 208 g/mol. The Morgan fingerprint density at radius 1 is 1.44 bits per heavy atom. The van der Waals surface area contributed by atoms with Crippen molar-refractivity contribution in [2.24, 2.45) is 0 Å². The molecule has 0 aromatic heterocycles. The summed E-state index contributed by atoms with van der Waals surface area (Å²) in [6, 6.07) is 8.52. The van der Waals surface area contributed by atoms with E-state index in [1.54, 1.807) is 24.3 Å². The fourth-order valence-corrected chi connectivity index (χ4v) is 1.04. The lowest BCUT2D eigenvalue weighted by Crippen LogP contribution is -2.20. The van der Waals surface area contributed by atoms with E-state index in [-0.39, 0.29) is 6.61 Å². The molecule has 0 unspecified atom stereocenters. The van der Waals surface area contributed by atoms with Gasteiger partial charge < -0.3 is 10.1 Å². The molecule has 1 aromatic rings. The first-order valence-electron chi connectivity index (χ1n) is 4.56. The van der Waals surface area contributed by atoms with Crippen LogP contribution in [0.5, 0.6) is 0 Å². The Bertz CT molecular complexity index is 449. The maximum absolute atomic E-state index is 11.3. The molecule has 1 aromatic carbocycles. The van der Waals surface area contributed by atoms with Crippen LogP contribution < -0.4 is 5.32 Å². The van der Waals surface area contributed by atoms with E-state index in [0.717, 1.165) is 0 Å². The normalized spacial score (nSPS) is 9.00. The number of nitrogens with one attached hydrogen (secondary N) is 1. The first-order chi connectivity index (χ1) is 7.63. The van der Waals surface area contributed by atoms with Gasteiger partial charge >= 0.3 is 5.97 Å². The fourth-order valence-electron chi connectivity index (χ4n) is 1.04. The summed E-state index contributed by atoms with van der Waals surface area (Å²) in [6.07, 6.45) is 0. The molecule has 5 heteroatoms. The van der Waals surface area contributed by atoms with E-state index >= 15 is 0 Å². The maximum Gasteiger partial charge on any atom is 0.303 e. The van der Waals surface area contributed by atoms with Gasteiger partial charge in [0, 0.05) is 6.92 Å². The number of ether oxygens (including phenoxy) is 1. The van der Waals surface area contributed by atoms with Gasteiger partial charge in [-0.2, -0.15) is 5.26 Å². The van der Waals surface area contributed by atoms with E-state index in [9.17, 15) is 9.59 Å². The van der Waals surface area contributed by atoms with Crippen LogP contribution in [0.15, 0.2) is 24.3 Å². The van der Waals surface area contributed by atoms with E-state index in [4.69, 9.17) is 5.26 Å². The molecule has 0 spiro atoms. The minimum absolute atomic E-state index is 0.352. The van der Waals surface area contributed by atoms with Gasteiger partial charge in [-0.1, -0.05) is 12.1 Å². The number of rotatable bonds is 3. The minimum atomic E-state index is -0.524. The van der Waals surface area contributed by atoms with Gasteiger partial charge in [-0.05, 0) is 12.1 Å². The van der Waals surface area contributed by atoms with Gasteiger partial charge in [-0.25, -0.2) is 0 Å². The number of carbonyl (C=O) groups is 2. The number of nitrogens with zero attached hydrogens (tertiary/aromatic N) is 1. The van der Waals surface area contributed by atoms with Crippen LogP contribution in [0, 0.1) is 11.3 Å². The molecule has 0 aliphatic carbocycles. The third kappa shape index (κ3) is 3.42. The van der Waals surface area contributed by atoms with Crippen LogP contribution >= 0.6 is 0 Å². The quantitative estimate of drug-likeness (QED) is 0.769. The molecule has 0 saturated carbocycles. The number of carbonyl (C=O) groups excluding carboxylic acids is 2. The Balaban J connectivity index is 2.63. The number of anilines is 1. The topological polar surface area (TPSA) is 79.2 Å². The molecule has 1 amide bonds. The molecule has 0 fully saturated rings. The first-order valence-corrected chi connectivity index (χ1v) is 4.56. The van der Waals surface area contributed by atoms with Crippen LogP contribution in [0.3, 0.4) is 0 Å². The molecule has 1 rings (SSSR count). The molecule has 0 atom stereocenters. The van der Waals surface area contributed by atoms with Crippen molar-refractivity contribution >= 4 is 17.6 Å². The summed E-state index contributed by atoms with van der Waals surface area (Å²) in [6.45, 7) is 0.867. The van der Waals surface area contributed by atoms with Gasteiger partial charge in [0.25, 0.3) is 5.91 Å². The largest absolute Gasteiger partial charge is 0.456 e. The average molecular weight is 218 g/mol. The van der Waals surface area contributed by atoms with Crippen molar-refractivity contribution < 1.29 is 14.3 Å². The van der Waals surface area contributed by atoms with E-state index < -0.39 is 11.9 Å². The standard InChI is InChI=1S/C11H10N2O3/c1-8(14)16-7-11(15)13-10-5-3-2-4-9(10)6-12/h2-5H,7H2,1H3,(H,13,15). The second kappa shape index (κ2) is 5.51. The van der Waals surface area contributed by atoms with Crippen molar-refractivity contribution in [3.63, 3.8) is 0 Å². The first kappa shape index (κ1) is 11.7. The van der Waals surface area contributed by atoms with Crippen molar-refractivity contribution in [2.75, 3.05) is 11.9 Å². The molecule has 82 valence electrons. The summed E-state index contributed by atoms with van der Waals surface area (Å²) >= 11 is 0. The summed E-state index contributed by atoms with van der Waals surface area (Å²) in [5, 5.41) is 11.2. The van der Waals surface area contributed by atoms with Crippen LogP contribution in [0.25, 0.3) is 0 Å². The number of nitriles is 1. The van der Waals surface area contributed by atoms with Crippen molar-refractivity contribution in [2.45, 2.75) is 6.92 Å². The van der Waals surface area contributed by atoms with Crippen molar-refractivity contribution in [1.82, 2.24) is 0 Å². The Morgan fingerprint density at radius 2 is 2.12 bits per heavy atom. The van der Waals surface area contributed by atoms with Gasteiger partial charge in [0.05, 0.1) is 11.3 Å². The van der Waals surface area contributed by atoms with Crippen LogP contribution in [0.2, 0.25) is 0 Å². The smallest absolute Gasteiger partial charge is 0.303 e. The monoisotopic (exact) mass is 218 g/mol. The zero-order chi connectivity index (χ0) is 12.0. The minimum Gasteiger partial charge on any atom is -0.456 e. The van der Waals surface area contributed by atoms with Crippen LogP contribution in [-0.4, -0.2) is 18.5 Å². The molecule has 5 nitrogen and oxygen atoms in total. The molecule has 1 N–H and O–H groups in total. The van der Waals surface area contributed by atoms with Gasteiger partial charge in [0.15, 0.2) is 6.61 Å². The van der Waals surface area contributed by atoms with Gasteiger partial charge in [-0.15, -0.1) is 0 Å². The number of benzene rings is 1. The van der Waals surface area contributed by atoms with E-state index in [0.29, 0.717) is 11.3 Å². The summed E-state index contributed by atoms with van der Waals surface area (Å²) in [7, 11) is 0. The second-order valence-corrected chi connectivity index (χ2v) is 2.99. The predicted molar refractivity (Wildman–Crippen MR) is 56.4 cm³/mol. The molecule has 16 heavy (non-hydrogen) atoms. The second-order valence-electron chi connectivity index (χ2n) is 2.99. The molecule has 0 saturated heterocycles. The highest BCUT2D eigenvalue weighted by Gasteiger charge is 2.07. The SMILES string of the molecule is CC(=O)OCC(=O)Nc1ccccc1C#N. The third-order valence-electron chi connectivity index (χ3n) is 1.73. The predicted octanol–water partition coefficient (Wildman–Crippen LogP) is 1.06. The lowest BCUT2D eigenvalue weighted by Gasteiger charge is -2.06. The van der Waals surface area contributed by atoms with Crippen molar-refractivity contribution in [3.05, 3.63) is 29.8 Å². The number of hydrogen-bond donors (Lipinski definition) is 1. The van der Waals surface area contributed by atoms with Gasteiger partial charge in [0.2, 0.25) is 0 Å². The highest BCUT2D eigenvalue weighted by atomic mass is 16.5. The Labute approximate surface area is 92.6 Å². The van der Waals surface area contributed by atoms with Crippen LogP contribution in [0.1, 0.15) is 12.5 Å². The van der Waals surface area contributed by atoms with Gasteiger partial charge in [0.1, 0.15) is 6.07 Å². The number of amides is 1. The lowest BCUT2D eigenvalue weighted by atomic mass is 10.2. The van der Waals surface area contributed by atoms with E-state index in [1.807, 2.05) is 6.07 Å². The number of hydrogen-bond acceptors (Lipinski definition) is 4. The summed E-state index contributed by atoms with van der Waals surface area (Å²) in [5.41, 5.74) is 0.765. The zero-order valence-electron chi connectivity index (χ0n) is 8.69. The summed E-state index contributed by atoms with van der Waals surface area (Å²) in [5.74, 6) is -0.999. The Kier molecular flexibility index (Phi) is 4.04. The Morgan fingerprint density at radius 3 is 2.75 bits per heavy atom. The number of esters is 1. The van der Waals surface area contributed by atoms with Crippen molar-refractivity contribution in [1.29, 1.82) is 5.26 Å². The van der Waals surface area contributed by atoms with Gasteiger partial charge in [-0.3, -0.25) is 9.59 Å². The molecule has 0 aliphatic rings. The molecule has 0 heterocycles.